The Labute approximate surface area is 186 Å². The van der Waals surface area contributed by atoms with Crippen molar-refractivity contribution in [2.24, 2.45) is 5.92 Å². The fraction of sp³-hybridized carbons (Fsp3) is 0.423. The van der Waals surface area contributed by atoms with Crippen molar-refractivity contribution in [3.8, 4) is 5.75 Å². The fourth-order valence-electron chi connectivity index (χ4n) is 3.26. The van der Waals surface area contributed by atoms with Gasteiger partial charge in [-0.3, -0.25) is 4.79 Å². The van der Waals surface area contributed by atoms with Gasteiger partial charge in [0.25, 0.3) is 0 Å². The number of carbonyl (C=O) groups excluding carboxylic acids is 1. The topological polar surface area (TPSA) is 56.8 Å². The first-order valence-electron chi connectivity index (χ1n) is 10.8. The van der Waals surface area contributed by atoms with E-state index in [4.69, 9.17) is 14.2 Å². The molecule has 3 atom stereocenters. The lowest BCUT2D eigenvalue weighted by molar-refractivity contribution is -0.153. The first kappa shape index (κ1) is 24.6. The van der Waals surface area contributed by atoms with E-state index >= 15 is 0 Å². The predicted octanol–water partition coefficient (Wildman–Crippen LogP) is 4.56. The minimum atomic E-state index is -0.385. The lowest BCUT2D eigenvalue weighted by Gasteiger charge is -2.23. The second-order valence-electron chi connectivity index (χ2n) is 7.73. The van der Waals surface area contributed by atoms with Gasteiger partial charge < -0.3 is 19.5 Å². The fourth-order valence-corrected chi connectivity index (χ4v) is 3.26. The van der Waals surface area contributed by atoms with Crippen LogP contribution in [0.4, 0.5) is 0 Å². The lowest BCUT2D eigenvalue weighted by Crippen LogP contribution is -2.39. The summed E-state index contributed by atoms with van der Waals surface area (Å²) in [4.78, 5) is 12.8. The van der Waals surface area contributed by atoms with Crippen molar-refractivity contribution in [2.75, 3.05) is 20.8 Å². The Balaban J connectivity index is 1.87. The zero-order chi connectivity index (χ0) is 22.5. The minimum absolute atomic E-state index is 0.219. The van der Waals surface area contributed by atoms with E-state index in [-0.39, 0.29) is 24.0 Å². The molecule has 5 nitrogen and oxygen atoms in total. The summed E-state index contributed by atoms with van der Waals surface area (Å²) in [5.74, 6) is 0.841. The Bertz CT molecular complexity index is 776. The van der Waals surface area contributed by atoms with Crippen molar-refractivity contribution in [1.29, 1.82) is 0 Å². The Morgan fingerprint density at radius 3 is 2.42 bits per heavy atom. The third kappa shape index (κ3) is 8.95. The van der Waals surface area contributed by atoms with Crippen molar-refractivity contribution >= 4 is 5.97 Å². The van der Waals surface area contributed by atoms with Gasteiger partial charge in [0, 0.05) is 6.42 Å². The molecule has 0 aliphatic rings. The van der Waals surface area contributed by atoms with Gasteiger partial charge in [0.1, 0.15) is 17.9 Å². The maximum Gasteiger partial charge on any atom is 0.323 e. The standard InChI is InChI=1S/C26H35NO4/c1-5-20(2)17-24(15-16-30-19-22-11-13-23(29-4)14-12-22)31-26(28)25(27-3)18-21-9-7-6-8-10-21/h5-14,20,24-25,27H,1,15-19H2,2-4H3/t20-,24-,25+/m1/s1. The van der Waals surface area contributed by atoms with E-state index in [1.165, 1.54) is 0 Å². The molecule has 0 unspecified atom stereocenters. The molecule has 2 aromatic rings. The summed E-state index contributed by atoms with van der Waals surface area (Å²) in [5.41, 5.74) is 2.17. The van der Waals surface area contributed by atoms with E-state index in [0.29, 0.717) is 26.1 Å². The molecule has 0 heterocycles. The zero-order valence-electron chi connectivity index (χ0n) is 18.9. The van der Waals surface area contributed by atoms with Crippen LogP contribution < -0.4 is 10.1 Å². The van der Waals surface area contributed by atoms with E-state index < -0.39 is 0 Å². The number of ether oxygens (including phenoxy) is 3. The second-order valence-corrected chi connectivity index (χ2v) is 7.73. The molecule has 0 aliphatic carbocycles. The summed E-state index contributed by atoms with van der Waals surface area (Å²) in [6.07, 6.45) is 3.62. The average Bonchev–Trinajstić information content (AvgIpc) is 2.81. The number of nitrogens with one attached hydrogen (secondary N) is 1. The number of hydrogen-bond donors (Lipinski definition) is 1. The summed E-state index contributed by atoms with van der Waals surface area (Å²) in [7, 11) is 3.43. The van der Waals surface area contributed by atoms with Crippen molar-refractivity contribution in [3.63, 3.8) is 0 Å². The van der Waals surface area contributed by atoms with Crippen LogP contribution in [0.3, 0.4) is 0 Å². The number of rotatable bonds is 14. The van der Waals surface area contributed by atoms with Crippen LogP contribution in [0.15, 0.2) is 67.3 Å². The third-order valence-corrected chi connectivity index (χ3v) is 5.25. The van der Waals surface area contributed by atoms with Crippen LogP contribution >= 0.6 is 0 Å². The van der Waals surface area contributed by atoms with Gasteiger partial charge in [0.15, 0.2) is 0 Å². The van der Waals surface area contributed by atoms with E-state index in [2.05, 4.69) is 18.8 Å². The third-order valence-electron chi connectivity index (χ3n) is 5.25. The van der Waals surface area contributed by atoms with Crippen LogP contribution in [0.5, 0.6) is 5.75 Å². The maximum atomic E-state index is 12.8. The molecule has 0 saturated heterocycles. The molecule has 2 aromatic carbocycles. The first-order valence-corrected chi connectivity index (χ1v) is 10.8. The number of hydrogen-bond acceptors (Lipinski definition) is 5. The lowest BCUT2D eigenvalue weighted by atomic mass is 10.0. The van der Waals surface area contributed by atoms with Gasteiger partial charge in [-0.05, 0) is 49.1 Å². The van der Waals surface area contributed by atoms with Crippen LogP contribution in [0.25, 0.3) is 0 Å². The highest BCUT2D eigenvalue weighted by Gasteiger charge is 2.23. The molecule has 31 heavy (non-hydrogen) atoms. The quantitative estimate of drug-likeness (QED) is 0.273. The summed E-state index contributed by atoms with van der Waals surface area (Å²) < 4.78 is 16.9. The monoisotopic (exact) mass is 425 g/mol. The molecule has 0 bridgehead atoms. The van der Waals surface area contributed by atoms with E-state index in [1.807, 2.05) is 60.7 Å². The van der Waals surface area contributed by atoms with E-state index in [1.54, 1.807) is 14.2 Å². The second kappa shape index (κ2) is 13.6. The summed E-state index contributed by atoms with van der Waals surface area (Å²) in [5, 5.41) is 3.08. The molecule has 2 rings (SSSR count). The van der Waals surface area contributed by atoms with Crippen molar-refractivity contribution < 1.29 is 19.0 Å². The first-order chi connectivity index (χ1) is 15.0. The van der Waals surface area contributed by atoms with Gasteiger partial charge in [0.2, 0.25) is 0 Å². The largest absolute Gasteiger partial charge is 0.497 e. The summed E-state index contributed by atoms with van der Waals surface area (Å²) in [6.45, 7) is 6.95. The Morgan fingerprint density at radius 1 is 1.10 bits per heavy atom. The van der Waals surface area contributed by atoms with Crippen LogP contribution in [0.2, 0.25) is 0 Å². The van der Waals surface area contributed by atoms with Crippen LogP contribution in [-0.2, 0) is 27.3 Å². The molecular weight excluding hydrogens is 390 g/mol. The molecule has 0 aliphatic heterocycles. The molecule has 5 heteroatoms. The number of allylic oxidation sites excluding steroid dienone is 1. The Hall–Kier alpha value is -2.63. The van der Waals surface area contributed by atoms with E-state index in [9.17, 15) is 4.79 Å². The van der Waals surface area contributed by atoms with Gasteiger partial charge >= 0.3 is 5.97 Å². The van der Waals surface area contributed by atoms with E-state index in [0.717, 1.165) is 23.3 Å². The molecule has 0 saturated carbocycles. The molecule has 0 aromatic heterocycles. The number of benzene rings is 2. The molecule has 0 fully saturated rings. The summed E-state index contributed by atoms with van der Waals surface area (Å²) in [6, 6.07) is 17.4. The predicted molar refractivity (Wildman–Crippen MR) is 124 cm³/mol. The van der Waals surface area contributed by atoms with Gasteiger partial charge in [-0.15, -0.1) is 6.58 Å². The smallest absolute Gasteiger partial charge is 0.323 e. The number of esters is 1. The average molecular weight is 426 g/mol. The Morgan fingerprint density at radius 2 is 1.81 bits per heavy atom. The zero-order valence-corrected chi connectivity index (χ0v) is 18.9. The van der Waals surface area contributed by atoms with Gasteiger partial charge in [-0.1, -0.05) is 55.5 Å². The summed E-state index contributed by atoms with van der Waals surface area (Å²) >= 11 is 0. The van der Waals surface area contributed by atoms with Gasteiger partial charge in [-0.2, -0.15) is 0 Å². The minimum Gasteiger partial charge on any atom is -0.497 e. The number of likely N-dealkylation sites (N-methyl/N-ethyl adjacent to an activating group) is 1. The highest BCUT2D eigenvalue weighted by Crippen LogP contribution is 2.16. The van der Waals surface area contributed by atoms with Crippen molar-refractivity contribution in [1.82, 2.24) is 5.32 Å². The normalized spacial score (nSPS) is 13.8. The molecule has 0 amide bonds. The highest BCUT2D eigenvalue weighted by atomic mass is 16.5. The van der Waals surface area contributed by atoms with Gasteiger partial charge in [0.05, 0.1) is 20.3 Å². The van der Waals surface area contributed by atoms with Crippen LogP contribution in [0, 0.1) is 5.92 Å². The molecular formula is C26H35NO4. The maximum absolute atomic E-state index is 12.8. The Kier molecular flexibility index (Phi) is 10.8. The van der Waals surface area contributed by atoms with Gasteiger partial charge in [-0.25, -0.2) is 0 Å². The van der Waals surface area contributed by atoms with Crippen LogP contribution in [-0.4, -0.2) is 38.9 Å². The van der Waals surface area contributed by atoms with Crippen molar-refractivity contribution in [2.45, 2.75) is 44.9 Å². The van der Waals surface area contributed by atoms with Crippen molar-refractivity contribution in [3.05, 3.63) is 78.4 Å². The molecule has 0 spiro atoms. The SMILES string of the molecule is C=C[C@@H](C)C[C@@H](CCOCc1ccc(OC)cc1)OC(=O)[C@H](Cc1ccccc1)NC. The van der Waals surface area contributed by atoms with Crippen LogP contribution in [0.1, 0.15) is 30.9 Å². The molecule has 0 radical (unpaired) electrons. The number of methoxy groups -OCH3 is 1. The number of carbonyl (C=O) groups is 1. The molecule has 1 N–H and O–H groups in total. The highest BCUT2D eigenvalue weighted by molar-refractivity contribution is 5.76. The molecule has 168 valence electrons.